The van der Waals surface area contributed by atoms with Crippen molar-refractivity contribution >= 4 is 24.5 Å². The Morgan fingerprint density at radius 1 is 0.968 bits per heavy atom. The molecular formula is C23H23BN2O5. The molecule has 2 heterocycles. The summed E-state index contributed by atoms with van der Waals surface area (Å²) >= 11 is 0. The average Bonchev–Trinajstić information content (AvgIpc) is 3.16. The van der Waals surface area contributed by atoms with E-state index in [1.165, 1.54) is 0 Å². The predicted octanol–water partition coefficient (Wildman–Crippen LogP) is 1.94. The van der Waals surface area contributed by atoms with Gasteiger partial charge in [0.05, 0.1) is 20.2 Å². The minimum atomic E-state index is -1.09. The smallest absolute Gasteiger partial charge is 0.497 e. The normalized spacial score (nSPS) is 15.1. The number of ether oxygens (including phenoxy) is 1. The Morgan fingerprint density at radius 3 is 2.35 bits per heavy atom. The summed E-state index contributed by atoms with van der Waals surface area (Å²) in [5.41, 5.74) is 3.54. The number of methoxy groups -OCH3 is 1. The number of hydrogen-bond donors (Lipinski definition) is 0. The number of likely N-dealkylation sites (N-methyl/N-ethyl adjacent to an activating group) is 1. The lowest BCUT2D eigenvalue weighted by atomic mass is 9.80. The van der Waals surface area contributed by atoms with Crippen molar-refractivity contribution in [1.82, 2.24) is 9.47 Å². The molecule has 2 aromatic carbocycles. The summed E-state index contributed by atoms with van der Waals surface area (Å²) in [6.07, 6.45) is 1.86. The predicted molar refractivity (Wildman–Crippen MR) is 117 cm³/mol. The van der Waals surface area contributed by atoms with Gasteiger partial charge in [0, 0.05) is 29.5 Å². The van der Waals surface area contributed by atoms with Crippen LogP contribution in [0.5, 0.6) is 5.75 Å². The minimum Gasteiger partial charge on any atom is -0.497 e. The second kappa shape index (κ2) is 9.10. The van der Waals surface area contributed by atoms with Gasteiger partial charge < -0.3 is 18.6 Å². The molecule has 0 saturated carbocycles. The van der Waals surface area contributed by atoms with Gasteiger partial charge in [-0.3, -0.25) is 14.5 Å². The lowest BCUT2D eigenvalue weighted by Gasteiger charge is -2.22. The van der Waals surface area contributed by atoms with E-state index in [1.54, 1.807) is 19.1 Å². The first-order valence-corrected chi connectivity index (χ1v) is 9.98. The van der Waals surface area contributed by atoms with E-state index in [2.05, 4.69) is 0 Å². The van der Waals surface area contributed by atoms with E-state index >= 15 is 0 Å². The fourth-order valence-corrected chi connectivity index (χ4v) is 3.57. The van der Waals surface area contributed by atoms with E-state index in [1.807, 2.05) is 71.4 Å². The van der Waals surface area contributed by atoms with Gasteiger partial charge in [-0.2, -0.15) is 0 Å². The molecule has 1 fully saturated rings. The second-order valence-electron chi connectivity index (χ2n) is 7.49. The summed E-state index contributed by atoms with van der Waals surface area (Å²) in [6, 6.07) is 19.6. The molecule has 0 N–H and O–H groups in total. The lowest BCUT2D eigenvalue weighted by Crippen LogP contribution is -2.47. The number of nitrogens with zero attached hydrogens (tertiary/aromatic N) is 2. The van der Waals surface area contributed by atoms with Crippen molar-refractivity contribution in [3.05, 3.63) is 72.4 Å². The van der Waals surface area contributed by atoms with E-state index in [0.717, 1.165) is 22.6 Å². The highest BCUT2D eigenvalue weighted by molar-refractivity contribution is 6.64. The molecule has 1 aromatic heterocycles. The lowest BCUT2D eigenvalue weighted by molar-refractivity contribution is -0.145. The van der Waals surface area contributed by atoms with Gasteiger partial charge in [0.25, 0.3) is 0 Å². The molecule has 1 saturated heterocycles. The number of rotatable bonds is 5. The number of carbonyl (C=O) groups is 2. The third kappa shape index (κ3) is 4.98. The third-order valence-corrected chi connectivity index (χ3v) is 5.03. The number of hydrogen-bond acceptors (Lipinski definition) is 6. The van der Waals surface area contributed by atoms with Crippen LogP contribution in [0.25, 0.3) is 11.3 Å². The highest BCUT2D eigenvalue weighted by Crippen LogP contribution is 2.25. The highest BCUT2D eigenvalue weighted by Gasteiger charge is 2.35. The van der Waals surface area contributed by atoms with E-state index in [9.17, 15) is 9.59 Å². The number of aromatic nitrogens is 1. The van der Waals surface area contributed by atoms with Crippen molar-refractivity contribution < 1.29 is 23.6 Å². The fraction of sp³-hybridized carbons (Fsp3) is 0.217. The van der Waals surface area contributed by atoms with E-state index in [4.69, 9.17) is 14.0 Å². The summed E-state index contributed by atoms with van der Waals surface area (Å²) < 4.78 is 18.3. The number of benzene rings is 2. The van der Waals surface area contributed by atoms with E-state index in [-0.39, 0.29) is 13.1 Å². The maximum Gasteiger partial charge on any atom is 0.638 e. The van der Waals surface area contributed by atoms with Crippen LogP contribution in [0.2, 0.25) is 0 Å². The van der Waals surface area contributed by atoms with Gasteiger partial charge in [-0.15, -0.1) is 0 Å². The largest absolute Gasteiger partial charge is 0.638 e. The van der Waals surface area contributed by atoms with Crippen LogP contribution in [0.3, 0.4) is 0 Å². The monoisotopic (exact) mass is 418 g/mol. The van der Waals surface area contributed by atoms with Gasteiger partial charge in [0.15, 0.2) is 0 Å². The van der Waals surface area contributed by atoms with Gasteiger partial charge in [0.2, 0.25) is 0 Å². The topological polar surface area (TPSA) is 70.0 Å². The summed E-state index contributed by atoms with van der Waals surface area (Å²) in [5, 5.41) is 0. The van der Waals surface area contributed by atoms with Crippen LogP contribution in [0.1, 0.15) is 5.56 Å². The molecule has 0 atom stereocenters. The molecule has 1 aliphatic heterocycles. The first kappa shape index (κ1) is 20.7. The molecule has 7 nitrogen and oxygen atoms in total. The quantitative estimate of drug-likeness (QED) is 0.590. The zero-order valence-electron chi connectivity index (χ0n) is 17.5. The standard InChI is InChI=1S/C23H23BN2O5/c1-25-15-22(27)30-24(31-23(28)16-25)19-12-21(18-9-6-10-20(11-18)29-2)26(14-19)13-17-7-4-3-5-8-17/h3-12,14H,13,15-16H2,1-2H3. The molecule has 158 valence electrons. The Morgan fingerprint density at radius 2 is 1.68 bits per heavy atom. The molecule has 31 heavy (non-hydrogen) atoms. The maximum atomic E-state index is 12.2. The summed E-state index contributed by atoms with van der Waals surface area (Å²) in [7, 11) is 2.20. The molecule has 0 radical (unpaired) electrons. The SMILES string of the molecule is COc1cccc(-c2cc(B3OC(=O)CN(C)CC(=O)O3)cn2Cc2ccccc2)c1. The molecule has 0 spiro atoms. The van der Waals surface area contributed by atoms with E-state index < -0.39 is 19.1 Å². The Balaban J connectivity index is 1.73. The van der Waals surface area contributed by atoms with Crippen LogP contribution < -0.4 is 10.2 Å². The molecule has 1 aliphatic rings. The Kier molecular flexibility index (Phi) is 6.09. The second-order valence-corrected chi connectivity index (χ2v) is 7.49. The molecule has 4 rings (SSSR count). The van der Waals surface area contributed by atoms with Crippen LogP contribution in [-0.2, 0) is 25.4 Å². The summed E-state index contributed by atoms with van der Waals surface area (Å²) in [6.45, 7) is 0.656. The van der Waals surface area contributed by atoms with Crippen molar-refractivity contribution in [2.24, 2.45) is 0 Å². The van der Waals surface area contributed by atoms with Gasteiger partial charge >= 0.3 is 19.1 Å². The number of carbonyl (C=O) groups excluding carboxylic acids is 2. The summed E-state index contributed by atoms with van der Waals surface area (Å²) in [4.78, 5) is 25.9. The van der Waals surface area contributed by atoms with Gasteiger partial charge in [-0.1, -0.05) is 42.5 Å². The van der Waals surface area contributed by atoms with Crippen LogP contribution >= 0.6 is 0 Å². The van der Waals surface area contributed by atoms with Crippen molar-refractivity contribution in [1.29, 1.82) is 0 Å². The van der Waals surface area contributed by atoms with Crippen LogP contribution in [-0.4, -0.2) is 55.8 Å². The average molecular weight is 418 g/mol. The third-order valence-electron chi connectivity index (χ3n) is 5.03. The van der Waals surface area contributed by atoms with Crippen LogP contribution in [0.4, 0.5) is 0 Å². The molecule has 3 aromatic rings. The molecule has 8 heteroatoms. The highest BCUT2D eigenvalue weighted by atomic mass is 16.6. The first-order valence-electron chi connectivity index (χ1n) is 9.98. The van der Waals surface area contributed by atoms with Crippen molar-refractivity contribution in [3.63, 3.8) is 0 Å². The van der Waals surface area contributed by atoms with Crippen LogP contribution in [0, 0.1) is 0 Å². The Labute approximate surface area is 181 Å². The molecule has 0 amide bonds. The molecule has 0 bridgehead atoms. The van der Waals surface area contributed by atoms with Gasteiger partial charge in [-0.25, -0.2) is 0 Å². The van der Waals surface area contributed by atoms with Gasteiger partial charge in [-0.05, 0) is 30.8 Å². The minimum absolute atomic E-state index is 0.0269. The Bertz CT molecular complexity index is 1060. The first-order chi connectivity index (χ1) is 15.0. The van der Waals surface area contributed by atoms with Crippen LogP contribution in [0.15, 0.2) is 66.9 Å². The molecule has 0 unspecified atom stereocenters. The van der Waals surface area contributed by atoms with Crippen molar-refractivity contribution in [2.45, 2.75) is 6.54 Å². The van der Waals surface area contributed by atoms with Gasteiger partial charge in [0.1, 0.15) is 5.75 Å². The summed E-state index contributed by atoms with van der Waals surface area (Å²) in [5.74, 6) is -0.157. The zero-order chi connectivity index (χ0) is 21.8. The molecular weight excluding hydrogens is 395 g/mol. The van der Waals surface area contributed by atoms with Crippen molar-refractivity contribution in [3.8, 4) is 17.0 Å². The molecule has 0 aliphatic carbocycles. The van der Waals surface area contributed by atoms with E-state index in [0.29, 0.717) is 12.0 Å². The van der Waals surface area contributed by atoms with Crippen molar-refractivity contribution in [2.75, 3.05) is 27.2 Å². The zero-order valence-corrected chi connectivity index (χ0v) is 17.5. The fourth-order valence-electron chi connectivity index (χ4n) is 3.57. The Hall–Kier alpha value is -3.52. The maximum absolute atomic E-state index is 12.2.